The van der Waals surface area contributed by atoms with Crippen molar-refractivity contribution in [3.63, 3.8) is 0 Å². The Bertz CT molecular complexity index is 682. The summed E-state index contributed by atoms with van der Waals surface area (Å²) in [5, 5.41) is 3.54. The maximum absolute atomic E-state index is 13.4. The molecule has 1 heterocycles. The van der Waals surface area contributed by atoms with Crippen LogP contribution in [0.5, 0.6) is 0 Å². The van der Waals surface area contributed by atoms with Crippen LogP contribution in [0.4, 0.5) is 4.39 Å². The van der Waals surface area contributed by atoms with Crippen LogP contribution in [0.1, 0.15) is 32.6 Å². The largest absolute Gasteiger partial charge is 0.352 e. The van der Waals surface area contributed by atoms with E-state index in [9.17, 15) is 9.18 Å². The molecule has 0 bridgehead atoms. The van der Waals surface area contributed by atoms with Crippen LogP contribution in [0, 0.1) is 5.82 Å². The van der Waals surface area contributed by atoms with E-state index < -0.39 is 0 Å². The van der Waals surface area contributed by atoms with Crippen LogP contribution in [0.25, 0.3) is 5.69 Å². The third-order valence-corrected chi connectivity index (χ3v) is 5.13. The van der Waals surface area contributed by atoms with Crippen molar-refractivity contribution in [2.24, 2.45) is 0 Å². The molecule has 0 spiro atoms. The van der Waals surface area contributed by atoms with Crippen LogP contribution in [-0.2, 0) is 4.79 Å². The number of thioether (sulfide) groups is 1. The summed E-state index contributed by atoms with van der Waals surface area (Å²) in [7, 11) is 0. The van der Waals surface area contributed by atoms with Gasteiger partial charge in [-0.1, -0.05) is 30.7 Å². The summed E-state index contributed by atoms with van der Waals surface area (Å²) in [5.74, 6) is -0.255. The first-order valence-corrected chi connectivity index (χ1v) is 8.78. The van der Waals surface area contributed by atoms with Crippen LogP contribution >= 0.6 is 11.8 Å². The van der Waals surface area contributed by atoms with Crippen molar-refractivity contribution < 1.29 is 9.18 Å². The summed E-state index contributed by atoms with van der Waals surface area (Å²) >= 11 is 1.39. The molecule has 3 rings (SSSR count). The van der Waals surface area contributed by atoms with Crippen molar-refractivity contribution in [2.45, 2.75) is 49.1 Å². The van der Waals surface area contributed by atoms with E-state index in [0.29, 0.717) is 16.9 Å². The Kier molecular flexibility index (Phi) is 5.00. The second-order valence-electron chi connectivity index (χ2n) is 5.81. The lowest BCUT2D eigenvalue weighted by atomic mass is 10.2. The fourth-order valence-electron chi connectivity index (χ4n) is 2.80. The van der Waals surface area contributed by atoms with E-state index in [1.807, 2.05) is 13.0 Å². The van der Waals surface area contributed by atoms with Gasteiger partial charge in [-0.15, -0.1) is 0 Å². The van der Waals surface area contributed by atoms with Gasteiger partial charge in [-0.3, -0.25) is 9.36 Å². The normalized spacial score (nSPS) is 16.4. The van der Waals surface area contributed by atoms with Gasteiger partial charge in [0.15, 0.2) is 5.16 Å². The third-order valence-electron chi connectivity index (χ3n) is 4.05. The first-order chi connectivity index (χ1) is 11.1. The highest BCUT2D eigenvalue weighted by atomic mass is 32.2. The quantitative estimate of drug-likeness (QED) is 0.851. The van der Waals surface area contributed by atoms with E-state index in [1.54, 1.807) is 23.0 Å². The molecule has 122 valence electrons. The lowest BCUT2D eigenvalue weighted by Crippen LogP contribution is -2.37. The van der Waals surface area contributed by atoms with E-state index in [4.69, 9.17) is 0 Å². The van der Waals surface area contributed by atoms with Crippen molar-refractivity contribution in [1.82, 2.24) is 14.9 Å². The second kappa shape index (κ2) is 7.17. The number of hydrogen-bond acceptors (Lipinski definition) is 3. The van der Waals surface area contributed by atoms with Gasteiger partial charge in [-0.25, -0.2) is 9.37 Å². The number of amides is 1. The molecule has 1 N–H and O–H groups in total. The number of nitrogens with zero attached hydrogens (tertiary/aromatic N) is 2. The maximum Gasteiger partial charge on any atom is 0.233 e. The molecule has 0 saturated heterocycles. The lowest BCUT2D eigenvalue weighted by molar-refractivity contribution is -0.120. The van der Waals surface area contributed by atoms with Gasteiger partial charge in [-0.05, 0) is 38.0 Å². The van der Waals surface area contributed by atoms with Crippen molar-refractivity contribution in [2.75, 3.05) is 0 Å². The topological polar surface area (TPSA) is 46.9 Å². The zero-order valence-electron chi connectivity index (χ0n) is 13.0. The summed E-state index contributed by atoms with van der Waals surface area (Å²) in [5.41, 5.74) is 0.702. The number of nitrogens with one attached hydrogen (secondary N) is 1. The number of rotatable bonds is 5. The molecule has 0 radical (unpaired) electrons. The molecule has 1 aromatic heterocycles. The smallest absolute Gasteiger partial charge is 0.233 e. The summed E-state index contributed by atoms with van der Waals surface area (Å²) in [6.07, 6.45) is 7.96. The summed E-state index contributed by atoms with van der Waals surface area (Å²) in [6.45, 7) is 1.87. The van der Waals surface area contributed by atoms with E-state index in [0.717, 1.165) is 12.8 Å². The molecule has 0 aliphatic heterocycles. The molecule has 1 fully saturated rings. The average Bonchev–Trinajstić information content (AvgIpc) is 3.18. The monoisotopic (exact) mass is 333 g/mol. The van der Waals surface area contributed by atoms with Crippen LogP contribution in [0.2, 0.25) is 0 Å². The number of imidazole rings is 1. The molecule has 1 aliphatic carbocycles. The number of benzene rings is 1. The Morgan fingerprint density at radius 1 is 1.43 bits per heavy atom. The molecule has 1 atom stereocenters. The zero-order valence-corrected chi connectivity index (χ0v) is 13.9. The zero-order chi connectivity index (χ0) is 16.2. The van der Waals surface area contributed by atoms with E-state index in [2.05, 4.69) is 10.3 Å². The van der Waals surface area contributed by atoms with Gasteiger partial charge in [0, 0.05) is 18.4 Å². The molecule has 6 heteroatoms. The number of carbonyl (C=O) groups is 1. The first kappa shape index (κ1) is 16.1. The van der Waals surface area contributed by atoms with Crippen LogP contribution in [-0.4, -0.2) is 26.8 Å². The first-order valence-electron chi connectivity index (χ1n) is 7.90. The van der Waals surface area contributed by atoms with Gasteiger partial charge in [0.1, 0.15) is 5.82 Å². The van der Waals surface area contributed by atoms with Crippen LogP contribution in [0.15, 0.2) is 41.8 Å². The van der Waals surface area contributed by atoms with Crippen molar-refractivity contribution in [1.29, 1.82) is 0 Å². The van der Waals surface area contributed by atoms with Gasteiger partial charge in [-0.2, -0.15) is 0 Å². The SMILES string of the molecule is C[C@@H](Sc1nccn1-c1cccc(F)c1)C(=O)NC1CCCC1. The van der Waals surface area contributed by atoms with Gasteiger partial charge in [0.2, 0.25) is 5.91 Å². The molecule has 2 aromatic rings. The van der Waals surface area contributed by atoms with E-state index in [1.165, 1.54) is 36.7 Å². The summed E-state index contributed by atoms with van der Waals surface area (Å²) in [6, 6.07) is 6.65. The molecule has 0 unspecified atom stereocenters. The Morgan fingerprint density at radius 2 is 2.22 bits per heavy atom. The van der Waals surface area contributed by atoms with Gasteiger partial charge >= 0.3 is 0 Å². The lowest BCUT2D eigenvalue weighted by Gasteiger charge is -2.16. The number of carbonyl (C=O) groups excluding carboxylic acids is 1. The van der Waals surface area contributed by atoms with E-state index >= 15 is 0 Å². The molecular weight excluding hydrogens is 313 g/mol. The van der Waals surface area contributed by atoms with E-state index in [-0.39, 0.29) is 17.0 Å². The third kappa shape index (κ3) is 3.93. The predicted octanol–water partition coefficient (Wildman–Crippen LogP) is 3.55. The molecule has 1 aliphatic rings. The Hall–Kier alpha value is -1.82. The highest BCUT2D eigenvalue weighted by molar-refractivity contribution is 8.00. The van der Waals surface area contributed by atoms with Gasteiger partial charge in [0.05, 0.1) is 10.9 Å². The molecule has 23 heavy (non-hydrogen) atoms. The Morgan fingerprint density at radius 3 is 2.96 bits per heavy atom. The van der Waals surface area contributed by atoms with Gasteiger partial charge in [0.25, 0.3) is 0 Å². The van der Waals surface area contributed by atoms with Crippen molar-refractivity contribution in [3.8, 4) is 5.69 Å². The Labute approximate surface area is 139 Å². The average molecular weight is 333 g/mol. The van der Waals surface area contributed by atoms with Crippen LogP contribution < -0.4 is 5.32 Å². The standard InChI is InChI=1S/C17H20FN3OS/c1-12(16(22)20-14-6-2-3-7-14)23-17-19-9-10-21(17)15-8-4-5-13(18)11-15/h4-5,8-12,14H,2-3,6-7H2,1H3,(H,20,22)/t12-/m1/s1. The summed E-state index contributed by atoms with van der Waals surface area (Å²) < 4.78 is 15.2. The van der Waals surface area contributed by atoms with Gasteiger partial charge < -0.3 is 5.32 Å². The number of halogens is 1. The fraction of sp³-hybridized carbons (Fsp3) is 0.412. The molecule has 4 nitrogen and oxygen atoms in total. The fourth-order valence-corrected chi connectivity index (χ4v) is 3.69. The second-order valence-corrected chi connectivity index (χ2v) is 7.12. The minimum absolute atomic E-state index is 0.0377. The molecule has 1 amide bonds. The molecule has 1 saturated carbocycles. The molecule has 1 aromatic carbocycles. The predicted molar refractivity (Wildman–Crippen MR) is 89.2 cm³/mol. The summed E-state index contributed by atoms with van der Waals surface area (Å²) in [4.78, 5) is 16.6. The van der Waals surface area contributed by atoms with Crippen molar-refractivity contribution >= 4 is 17.7 Å². The number of hydrogen-bond donors (Lipinski definition) is 1. The minimum atomic E-state index is -0.292. The Balaban J connectivity index is 1.68. The minimum Gasteiger partial charge on any atom is -0.352 e. The van der Waals surface area contributed by atoms with Crippen molar-refractivity contribution in [3.05, 3.63) is 42.5 Å². The number of aromatic nitrogens is 2. The van der Waals surface area contributed by atoms with Crippen LogP contribution in [0.3, 0.4) is 0 Å². The molecular formula is C17H20FN3OS. The highest BCUT2D eigenvalue weighted by Gasteiger charge is 2.22. The maximum atomic E-state index is 13.4. The highest BCUT2D eigenvalue weighted by Crippen LogP contribution is 2.26.